The number of carbonyl (C=O) groups excluding carboxylic acids is 2. The molecule has 0 aliphatic rings. The van der Waals surface area contributed by atoms with E-state index in [1.807, 2.05) is 128 Å². The second kappa shape index (κ2) is 55.9. The van der Waals surface area contributed by atoms with Gasteiger partial charge in [-0.2, -0.15) is 30.7 Å². The Morgan fingerprint density at radius 1 is 0.444 bits per heavy atom. The number of alkyl carbamates (subject to hydrolysis) is 1. The molecule has 1 aromatic heterocycles. The zero-order valence-corrected chi connectivity index (χ0v) is 74.1. The van der Waals surface area contributed by atoms with Crippen LogP contribution in [0.4, 0.5) is 53.1 Å². The molecule has 19 N–H and O–H groups in total. The predicted octanol–water partition coefficient (Wildman–Crippen LogP) is 5.41. The Hall–Kier alpha value is -10.7. The first kappa shape index (κ1) is 115. The van der Waals surface area contributed by atoms with Crippen LogP contribution in [0.25, 0.3) is 22.3 Å². The van der Waals surface area contributed by atoms with Gasteiger partial charge in [0.25, 0.3) is 0 Å². The van der Waals surface area contributed by atoms with Crippen molar-refractivity contribution in [2.24, 2.45) is 0 Å². The molecule has 698 valence electrons. The van der Waals surface area contributed by atoms with E-state index >= 15 is 0 Å². The average Bonchev–Trinajstić information content (AvgIpc) is 0.790. The fraction of sp³-hybridized carbons (Fsp3) is 0.141. The first-order valence-corrected chi connectivity index (χ1v) is 41.0. The second-order valence-corrected chi connectivity index (χ2v) is 30.6. The number of nitrogens with zero attached hydrogens (tertiary/aromatic N) is 1. The third kappa shape index (κ3) is 43.0. The van der Waals surface area contributed by atoms with Gasteiger partial charge in [-0.05, 0) is 185 Å². The topological polar surface area (TPSA) is 451 Å². The third-order valence-corrected chi connectivity index (χ3v) is 18.9. The molecule has 0 aliphatic heterocycles. The van der Waals surface area contributed by atoms with E-state index in [9.17, 15) is 57.9 Å². The summed E-state index contributed by atoms with van der Waals surface area (Å²) in [6.45, 7) is 9.25. The molecule has 11 aromatic carbocycles. The summed E-state index contributed by atoms with van der Waals surface area (Å²) in [5, 5.41) is 161. The molecule has 1 amide bonds. The molecule has 0 atom stereocenters. The highest BCUT2D eigenvalue weighted by Crippen LogP contribution is 2.35. The average molecular weight is 1960 g/mol. The van der Waals surface area contributed by atoms with Crippen molar-refractivity contribution in [3.05, 3.63) is 327 Å². The fourth-order valence-corrected chi connectivity index (χ4v) is 11.2. The first-order chi connectivity index (χ1) is 62.2. The van der Waals surface area contributed by atoms with Gasteiger partial charge in [-0.15, -0.1) is 24.9 Å². The molecule has 0 aliphatic carbocycles. The zero-order chi connectivity index (χ0) is 99.8. The minimum absolute atomic E-state index is 0.0968. The molecule has 0 unspecified atom stereocenters. The van der Waals surface area contributed by atoms with Gasteiger partial charge in [0, 0.05) is 49.2 Å². The lowest BCUT2D eigenvalue weighted by Crippen LogP contribution is -2.36. The van der Waals surface area contributed by atoms with Crippen LogP contribution in [0.15, 0.2) is 276 Å². The van der Waals surface area contributed by atoms with Gasteiger partial charge in [0.15, 0.2) is 0 Å². The van der Waals surface area contributed by atoms with Crippen molar-refractivity contribution in [3.63, 3.8) is 0 Å². The highest BCUT2D eigenvalue weighted by molar-refractivity contribution is 9.10. The van der Waals surface area contributed by atoms with Crippen molar-refractivity contribution >= 4 is 165 Å². The van der Waals surface area contributed by atoms with Crippen molar-refractivity contribution in [1.82, 2.24) is 10.3 Å². The van der Waals surface area contributed by atoms with Gasteiger partial charge in [0.1, 0.15) is 35.8 Å². The number of ether oxygens (including phenoxy) is 3. The number of thioether (sulfide) groups is 1. The summed E-state index contributed by atoms with van der Waals surface area (Å²) >= 11 is 10.6. The molecule has 0 bridgehead atoms. The number of aldehydes is 1. The Morgan fingerprint density at radius 2 is 0.850 bits per heavy atom. The van der Waals surface area contributed by atoms with Crippen molar-refractivity contribution in [2.45, 2.75) is 77.0 Å². The van der Waals surface area contributed by atoms with Crippen LogP contribution in [-0.4, -0.2) is 190 Å². The monoisotopic (exact) mass is 1960 g/mol. The summed E-state index contributed by atoms with van der Waals surface area (Å²) in [6.07, 6.45) is -11.6. The van der Waals surface area contributed by atoms with Crippen LogP contribution >= 0.6 is 39.3 Å². The lowest BCUT2D eigenvalue weighted by molar-refractivity contribution is -0.274. The quantitative estimate of drug-likeness (QED) is 0.0158. The summed E-state index contributed by atoms with van der Waals surface area (Å²) < 4.78 is 149. The van der Waals surface area contributed by atoms with E-state index in [0.717, 1.165) is 79.3 Å². The van der Waals surface area contributed by atoms with E-state index in [0.29, 0.717) is 75.3 Å². The Morgan fingerprint density at radius 3 is 1.25 bits per heavy atom. The van der Waals surface area contributed by atoms with Gasteiger partial charge < -0.3 is 110 Å². The molecule has 133 heavy (non-hydrogen) atoms. The van der Waals surface area contributed by atoms with E-state index in [1.165, 1.54) is 31.2 Å². The van der Waals surface area contributed by atoms with Crippen LogP contribution in [0.1, 0.15) is 64.5 Å². The third-order valence-electron chi connectivity index (χ3n) is 17.2. The summed E-state index contributed by atoms with van der Waals surface area (Å²) in [4.78, 5) is 26.7. The van der Waals surface area contributed by atoms with Crippen molar-refractivity contribution in [1.29, 1.82) is 0 Å². The highest BCUT2D eigenvalue weighted by atomic mass is 79.9. The van der Waals surface area contributed by atoms with E-state index in [2.05, 4.69) is 31.0 Å². The normalized spacial score (nSPS) is 10.6. The smallest absolute Gasteiger partial charge is 0.489 e. The molecule has 12 rings (SSSR count). The van der Waals surface area contributed by atoms with Gasteiger partial charge in [-0.3, -0.25) is 4.79 Å². The number of rotatable bonds is 19. The summed E-state index contributed by atoms with van der Waals surface area (Å²) in [7, 11) is -14.9. The van der Waals surface area contributed by atoms with Crippen LogP contribution in [-0.2, 0) is 30.2 Å². The maximum Gasteiger partial charge on any atom is 0.573 e. The summed E-state index contributed by atoms with van der Waals surface area (Å²) in [5.41, 5.74) is 4.74. The maximum atomic E-state index is 12.9. The molecule has 0 saturated carbocycles. The number of nitrogens with one attached hydrogen (secondary N) is 1. The number of alkyl halides is 9. The molecule has 0 radical (unpaired) electrons. The van der Waals surface area contributed by atoms with Crippen LogP contribution in [0.2, 0.25) is 5.02 Å². The molecular weight excluding hydrogens is 1870 g/mol. The standard InChI is InChI=1S/C14H13BO4.C12H10BBrO2.C12H18BNO4.C12H11BO2.C8H5BF6O2.C7H7BClFO2.C7H6BF3O3.C7H9BO2S.C6H7BFNO2/c16-9-12-8-13(6-7-14(12)15(17)18)19-10-11-4-2-1-3-5-11;14-12-7-3-10(4-8-12)9-1-5-11(6-2-9)13(15)16;1-12(2,3)18-11(15)14-8-9-4-6-10(7-5-9)13(16)17;14-13(15)12-8-6-11(7-9-12)10-4-2-1-3-5-10;10-7(11,12)4-1-2-6(9(16)17)5(3-4)8(13,14)15;1-4-2-7(10)5(8(11)12)3-6(4)9;9-7(10,11)14-6-3-1-5(2-4-6)8(12)13;1-11-7-4-2-6(3-5-7)8(9)10;1-4-2-5(7(10)11)3-9-6(4)8/h1-9,17-18H,10H2;1-8,15-16H;4-7,16-17H,8H2,1-3H3,(H,14,15);1-9,14-15H;1-3,16-17H;2-3,11-12H,1H3;1-4,12-13H;2-5,9-10H,1H3;2-3,10-11H,1H3. The number of hydrogen-bond acceptors (Lipinski definition) is 25. The lowest BCUT2D eigenvalue weighted by Gasteiger charge is -2.19. The molecular formula is C85H86B9BrClF11N2O23S. The highest BCUT2D eigenvalue weighted by Gasteiger charge is 2.40. The molecule has 25 nitrogen and oxygen atoms in total. The van der Waals surface area contributed by atoms with Crippen molar-refractivity contribution in [2.75, 3.05) is 6.26 Å². The number of halogens is 13. The van der Waals surface area contributed by atoms with Crippen molar-refractivity contribution in [3.8, 4) is 33.8 Å². The molecule has 0 spiro atoms. The molecule has 1 heterocycles. The molecule has 48 heteroatoms. The lowest BCUT2D eigenvalue weighted by atomic mass is 9.76. The van der Waals surface area contributed by atoms with Crippen LogP contribution in [0.5, 0.6) is 11.5 Å². The Labute approximate surface area is 777 Å². The number of amides is 1. The Balaban J connectivity index is 0.000000315. The number of benzene rings is 11. The van der Waals surface area contributed by atoms with Crippen LogP contribution in [0, 0.1) is 25.6 Å². The number of pyridine rings is 1. The Kier molecular flexibility index (Phi) is 48.2. The number of carbonyl (C=O) groups is 2. The number of aromatic nitrogens is 1. The van der Waals surface area contributed by atoms with Crippen LogP contribution in [0.3, 0.4) is 0 Å². The SMILES string of the molecule is CC(C)(C)OC(=O)NCc1ccc(B(O)O)cc1.CSc1ccc(B(O)O)cc1.Cc1cc(B(O)O)cnc1F.Cc1cc(F)c(B(O)O)cc1Cl.O=Cc1cc(OCc2ccccc2)ccc1B(O)O.OB(O)c1ccc(-c2ccc(Br)cc2)cc1.OB(O)c1ccc(-c2ccccc2)cc1.OB(O)c1ccc(C(F)(F)F)cc1C(F)(F)F.OB(O)c1ccc(OC(F)(F)F)cc1. The number of aryl methyl sites for hydroxylation is 2. The zero-order valence-electron chi connectivity index (χ0n) is 71.0. The van der Waals surface area contributed by atoms with E-state index in [4.69, 9.17) is 112 Å². The van der Waals surface area contributed by atoms with Gasteiger partial charge in [-0.25, -0.2) is 14.2 Å². The maximum absolute atomic E-state index is 12.9. The van der Waals surface area contributed by atoms with Gasteiger partial charge >= 0.3 is 88.9 Å². The first-order valence-electron chi connectivity index (χ1n) is 38.6. The molecule has 12 aromatic rings. The molecule has 0 fully saturated rings. The van der Waals surface area contributed by atoms with E-state index < -0.39 is 129 Å². The van der Waals surface area contributed by atoms with E-state index in [1.54, 1.807) is 106 Å². The van der Waals surface area contributed by atoms with E-state index in [-0.39, 0.29) is 33.5 Å². The Bertz CT molecular complexity index is 5490. The number of hydrogen-bond donors (Lipinski definition) is 19. The van der Waals surface area contributed by atoms with Crippen molar-refractivity contribution < 1.29 is 163 Å². The fourth-order valence-electron chi connectivity index (χ4n) is 10.4. The minimum atomic E-state index is -5.10. The largest absolute Gasteiger partial charge is 0.573 e. The minimum Gasteiger partial charge on any atom is -0.489 e. The van der Waals surface area contributed by atoms with Crippen LogP contribution < -0.4 is 64.0 Å². The molecule has 0 saturated heterocycles. The summed E-state index contributed by atoms with van der Waals surface area (Å²) in [5.74, 6) is -1.14. The second-order valence-electron chi connectivity index (χ2n) is 28.4. The van der Waals surface area contributed by atoms with Gasteiger partial charge in [0.05, 0.1) is 11.1 Å². The van der Waals surface area contributed by atoms with Gasteiger partial charge in [-0.1, -0.05) is 222 Å². The van der Waals surface area contributed by atoms with Gasteiger partial charge in [0.2, 0.25) is 5.95 Å². The summed E-state index contributed by atoms with van der Waals surface area (Å²) in [6, 6.07) is 68.8. The predicted molar refractivity (Wildman–Crippen MR) is 495 cm³/mol.